The van der Waals surface area contributed by atoms with E-state index in [-0.39, 0.29) is 29.5 Å². The first-order valence-electron chi connectivity index (χ1n) is 11.5. The summed E-state index contributed by atoms with van der Waals surface area (Å²) >= 11 is 6.12. The molecule has 4 rings (SSSR count). The fourth-order valence-corrected chi connectivity index (χ4v) is 4.31. The number of benzene rings is 2. The average molecular weight is 521 g/mol. The number of ether oxygens (including phenoxy) is 2. The van der Waals surface area contributed by atoms with E-state index in [0.29, 0.717) is 27.5 Å². The second kappa shape index (κ2) is 10.8. The van der Waals surface area contributed by atoms with E-state index in [9.17, 15) is 19.5 Å². The molecular weight excluding hydrogens is 496 g/mol. The number of aromatic nitrogens is 1. The van der Waals surface area contributed by atoms with Gasteiger partial charge >= 0.3 is 5.97 Å². The number of rotatable bonds is 7. The van der Waals surface area contributed by atoms with Gasteiger partial charge in [0.2, 0.25) is 0 Å². The van der Waals surface area contributed by atoms with E-state index in [4.69, 9.17) is 21.1 Å². The molecule has 1 saturated heterocycles. The number of pyridine rings is 1. The Morgan fingerprint density at radius 1 is 1.11 bits per heavy atom. The summed E-state index contributed by atoms with van der Waals surface area (Å²) in [6, 6.07) is 13.7. The maximum atomic E-state index is 13.2. The van der Waals surface area contributed by atoms with Crippen LogP contribution in [0.15, 0.2) is 72.6 Å². The molecule has 1 aliphatic heterocycles. The Hall–Kier alpha value is -4.17. The number of likely N-dealkylation sites (tertiary alicyclic amines) is 1. The zero-order valence-electron chi connectivity index (χ0n) is 20.5. The van der Waals surface area contributed by atoms with Crippen LogP contribution in [0.3, 0.4) is 0 Å². The molecular formula is C28H25ClN2O6. The van der Waals surface area contributed by atoms with E-state index in [0.717, 1.165) is 0 Å². The lowest BCUT2D eigenvalue weighted by Crippen LogP contribution is -2.29. The van der Waals surface area contributed by atoms with Crippen molar-refractivity contribution in [3.05, 3.63) is 99.8 Å². The van der Waals surface area contributed by atoms with Gasteiger partial charge in [-0.15, -0.1) is 0 Å². The Morgan fingerprint density at radius 2 is 1.81 bits per heavy atom. The number of hydrogen-bond donors (Lipinski definition) is 1. The predicted octanol–water partition coefficient (Wildman–Crippen LogP) is 4.93. The maximum absolute atomic E-state index is 13.2. The number of halogens is 1. The van der Waals surface area contributed by atoms with Crippen LogP contribution in [-0.4, -0.2) is 45.9 Å². The number of esters is 1. The molecule has 1 N–H and O–H groups in total. The molecule has 1 aromatic heterocycles. The molecule has 0 saturated carbocycles. The molecule has 0 bridgehead atoms. The summed E-state index contributed by atoms with van der Waals surface area (Å²) in [7, 11) is 1.44. The normalized spacial score (nSPS) is 16.8. The smallest absolute Gasteiger partial charge is 0.338 e. The van der Waals surface area contributed by atoms with Gasteiger partial charge in [0.05, 0.1) is 35.4 Å². The van der Waals surface area contributed by atoms with Gasteiger partial charge < -0.3 is 19.5 Å². The van der Waals surface area contributed by atoms with E-state index in [1.807, 2.05) is 0 Å². The minimum Gasteiger partial charge on any atom is -0.507 e. The number of carbonyl (C=O) groups is 3. The third-order valence-corrected chi connectivity index (χ3v) is 6.16. The van der Waals surface area contributed by atoms with Crippen molar-refractivity contribution in [2.45, 2.75) is 32.5 Å². The molecule has 0 spiro atoms. The van der Waals surface area contributed by atoms with Crippen molar-refractivity contribution < 1.29 is 29.0 Å². The molecule has 2 aromatic carbocycles. The summed E-state index contributed by atoms with van der Waals surface area (Å²) in [6.07, 6.45) is 2.87. The molecule has 1 amide bonds. The van der Waals surface area contributed by atoms with Crippen LogP contribution >= 0.6 is 11.6 Å². The van der Waals surface area contributed by atoms with Crippen LogP contribution in [-0.2, 0) is 20.9 Å². The molecule has 8 nitrogen and oxygen atoms in total. The van der Waals surface area contributed by atoms with Crippen LogP contribution in [0.2, 0.25) is 5.02 Å². The monoisotopic (exact) mass is 520 g/mol. The van der Waals surface area contributed by atoms with Gasteiger partial charge in [-0.05, 0) is 61.4 Å². The Morgan fingerprint density at radius 3 is 2.43 bits per heavy atom. The van der Waals surface area contributed by atoms with Gasteiger partial charge in [-0.1, -0.05) is 29.8 Å². The van der Waals surface area contributed by atoms with E-state index < -0.39 is 23.7 Å². The molecule has 0 aliphatic carbocycles. The summed E-state index contributed by atoms with van der Waals surface area (Å²) < 4.78 is 10.5. The number of Topliss-reactive ketones (excluding diaryl/α,β-unsaturated/α-hetero) is 1. The summed E-state index contributed by atoms with van der Waals surface area (Å²) in [4.78, 5) is 44.1. The molecule has 1 unspecified atom stereocenters. The highest BCUT2D eigenvalue weighted by atomic mass is 35.5. The van der Waals surface area contributed by atoms with Gasteiger partial charge in [0.1, 0.15) is 11.5 Å². The van der Waals surface area contributed by atoms with Crippen LogP contribution in [0, 0.1) is 0 Å². The fraction of sp³-hybridized carbons (Fsp3) is 0.214. The molecule has 3 aromatic rings. The van der Waals surface area contributed by atoms with Crippen LogP contribution in [0.4, 0.5) is 0 Å². The molecule has 1 atom stereocenters. The van der Waals surface area contributed by atoms with Crippen molar-refractivity contribution in [3.63, 3.8) is 0 Å². The summed E-state index contributed by atoms with van der Waals surface area (Å²) in [5, 5.41) is 11.6. The van der Waals surface area contributed by atoms with Gasteiger partial charge in [-0.2, -0.15) is 0 Å². The highest BCUT2D eigenvalue weighted by Gasteiger charge is 2.46. The number of hydrogen-bond acceptors (Lipinski definition) is 7. The number of aliphatic hydroxyl groups excluding tert-OH is 1. The van der Waals surface area contributed by atoms with Crippen molar-refractivity contribution in [1.82, 2.24) is 9.88 Å². The Kier molecular flexibility index (Phi) is 7.59. The first-order chi connectivity index (χ1) is 17.7. The Labute approximate surface area is 219 Å². The highest BCUT2D eigenvalue weighted by molar-refractivity contribution is 6.46. The number of carbonyl (C=O) groups excluding carboxylic acids is 3. The van der Waals surface area contributed by atoms with Crippen molar-refractivity contribution in [2.24, 2.45) is 0 Å². The second-order valence-corrected chi connectivity index (χ2v) is 9.12. The van der Waals surface area contributed by atoms with E-state index in [1.54, 1.807) is 68.7 Å². The van der Waals surface area contributed by atoms with Gasteiger partial charge in [0, 0.05) is 24.5 Å². The zero-order valence-corrected chi connectivity index (χ0v) is 21.2. The quantitative estimate of drug-likeness (QED) is 0.204. The summed E-state index contributed by atoms with van der Waals surface area (Å²) in [6.45, 7) is 3.59. The topological polar surface area (TPSA) is 106 Å². The largest absolute Gasteiger partial charge is 0.507 e. The van der Waals surface area contributed by atoms with Crippen molar-refractivity contribution in [3.8, 4) is 5.75 Å². The van der Waals surface area contributed by atoms with Gasteiger partial charge in [0.25, 0.3) is 11.7 Å². The second-order valence-electron chi connectivity index (χ2n) is 8.71. The fourth-order valence-electron chi connectivity index (χ4n) is 4.11. The number of ketones is 1. The van der Waals surface area contributed by atoms with E-state index >= 15 is 0 Å². The first-order valence-corrected chi connectivity index (χ1v) is 11.9. The van der Waals surface area contributed by atoms with Crippen molar-refractivity contribution in [1.29, 1.82) is 0 Å². The van der Waals surface area contributed by atoms with E-state index in [1.165, 1.54) is 24.1 Å². The Bertz CT molecular complexity index is 1370. The minimum atomic E-state index is -0.888. The molecule has 1 fully saturated rings. The molecule has 9 heteroatoms. The number of aliphatic hydroxyl groups is 1. The molecule has 0 radical (unpaired) electrons. The first kappa shape index (κ1) is 25.9. The predicted molar refractivity (Wildman–Crippen MR) is 137 cm³/mol. The SMILES string of the molecule is COc1cc(/C(O)=C2/C(=O)C(=O)N(Cc3ccc(C(=O)OC(C)C)cc3)C2c2cccnc2)ccc1Cl. The lowest BCUT2D eigenvalue weighted by Gasteiger charge is -2.25. The van der Waals surface area contributed by atoms with E-state index in [2.05, 4.69) is 4.98 Å². The molecule has 37 heavy (non-hydrogen) atoms. The third-order valence-electron chi connectivity index (χ3n) is 5.85. The van der Waals surface area contributed by atoms with Crippen LogP contribution in [0.25, 0.3) is 5.76 Å². The van der Waals surface area contributed by atoms with Gasteiger partial charge in [0.15, 0.2) is 0 Å². The zero-order chi connectivity index (χ0) is 26.7. The lowest BCUT2D eigenvalue weighted by molar-refractivity contribution is -0.140. The highest BCUT2D eigenvalue weighted by Crippen LogP contribution is 2.41. The third kappa shape index (κ3) is 5.34. The van der Waals surface area contributed by atoms with Crippen LogP contribution < -0.4 is 4.74 Å². The number of nitrogens with zero attached hydrogens (tertiary/aromatic N) is 2. The van der Waals surface area contributed by atoms with Crippen LogP contribution in [0.5, 0.6) is 5.75 Å². The summed E-state index contributed by atoms with van der Waals surface area (Å²) in [5.41, 5.74) is 1.83. The molecule has 2 heterocycles. The van der Waals surface area contributed by atoms with Gasteiger partial charge in [-0.3, -0.25) is 14.6 Å². The molecule has 190 valence electrons. The van der Waals surface area contributed by atoms with Gasteiger partial charge in [-0.25, -0.2) is 4.79 Å². The average Bonchev–Trinajstić information content (AvgIpc) is 3.14. The summed E-state index contributed by atoms with van der Waals surface area (Å²) in [5.74, 6) is -2.07. The van der Waals surface area contributed by atoms with Crippen molar-refractivity contribution in [2.75, 3.05) is 7.11 Å². The van der Waals surface area contributed by atoms with Crippen molar-refractivity contribution >= 4 is 35.0 Å². The lowest BCUT2D eigenvalue weighted by atomic mass is 9.96. The maximum Gasteiger partial charge on any atom is 0.338 e. The standard InChI is InChI=1S/C28H25ClN2O6/c1-16(2)37-28(35)18-8-6-17(7-9-18)15-31-24(20-5-4-12-30-14-20)23(26(33)27(31)34)25(32)19-10-11-21(29)22(13-19)36-3/h4-14,16,24,32H,15H2,1-3H3/b25-23-. The minimum absolute atomic E-state index is 0.0599. The molecule has 1 aliphatic rings. The number of amides is 1. The van der Waals surface area contributed by atoms with Crippen LogP contribution in [0.1, 0.15) is 46.9 Å². The Balaban J connectivity index is 1.74. The number of methoxy groups -OCH3 is 1.